The summed E-state index contributed by atoms with van der Waals surface area (Å²) in [6.45, 7) is 0. The molecule has 7 heteroatoms. The van der Waals surface area contributed by atoms with Gasteiger partial charge in [-0.05, 0) is 17.7 Å². The van der Waals surface area contributed by atoms with Gasteiger partial charge in [0.15, 0.2) is 5.75 Å². The highest BCUT2D eigenvalue weighted by Crippen LogP contribution is 2.38. The van der Waals surface area contributed by atoms with E-state index in [1.807, 2.05) is 0 Å². The molecule has 0 amide bonds. The predicted octanol–water partition coefficient (Wildman–Crippen LogP) is 3.97. The van der Waals surface area contributed by atoms with E-state index in [1.165, 1.54) is 29.2 Å². The second-order valence-corrected chi connectivity index (χ2v) is 4.18. The number of alkyl halides is 4. The lowest BCUT2D eigenvalue weighted by molar-refractivity contribution is -0.138. The van der Waals surface area contributed by atoms with E-state index in [4.69, 9.17) is 16.3 Å². The van der Waals surface area contributed by atoms with E-state index in [9.17, 15) is 13.2 Å². The number of benzene rings is 1. The number of rotatable bonds is 3. The van der Waals surface area contributed by atoms with Gasteiger partial charge in [-0.15, -0.1) is 11.6 Å². The normalized spacial score (nSPS) is 11.6. The van der Waals surface area contributed by atoms with E-state index in [1.54, 1.807) is 7.05 Å². The molecule has 1 aromatic heterocycles. The average molecular weight is 291 g/mol. The van der Waals surface area contributed by atoms with Crippen LogP contribution in [-0.2, 0) is 19.1 Å². The van der Waals surface area contributed by atoms with E-state index in [-0.39, 0.29) is 17.4 Å². The number of halogens is 4. The van der Waals surface area contributed by atoms with E-state index in [2.05, 4.69) is 5.10 Å². The molecule has 0 fully saturated rings. The highest BCUT2D eigenvalue weighted by molar-refractivity contribution is 6.17. The summed E-state index contributed by atoms with van der Waals surface area (Å²) in [5.74, 6) is -0.0167. The van der Waals surface area contributed by atoms with Crippen molar-refractivity contribution in [3.8, 4) is 11.5 Å². The molecule has 3 nitrogen and oxygen atoms in total. The summed E-state index contributed by atoms with van der Waals surface area (Å²) in [6.07, 6.45) is -1.68. The molecule has 1 aromatic carbocycles. The van der Waals surface area contributed by atoms with Gasteiger partial charge in [0, 0.05) is 12.9 Å². The van der Waals surface area contributed by atoms with E-state index >= 15 is 0 Å². The Morgan fingerprint density at radius 3 is 2.63 bits per heavy atom. The summed E-state index contributed by atoms with van der Waals surface area (Å²) in [4.78, 5) is 0. The summed E-state index contributed by atoms with van der Waals surface area (Å²) < 4.78 is 45.4. The monoisotopic (exact) mass is 290 g/mol. The minimum absolute atomic E-state index is 0.0102. The highest BCUT2D eigenvalue weighted by Gasteiger charge is 2.34. The predicted molar refractivity (Wildman–Crippen MR) is 64.3 cm³/mol. The maximum atomic E-state index is 12.9. The fourth-order valence-electron chi connectivity index (χ4n) is 1.55. The van der Waals surface area contributed by atoms with Crippen molar-refractivity contribution in [3.63, 3.8) is 0 Å². The van der Waals surface area contributed by atoms with Crippen LogP contribution in [0.5, 0.6) is 11.5 Å². The molecule has 0 spiro atoms. The first-order chi connectivity index (χ1) is 8.90. The Hall–Kier alpha value is -1.69. The first-order valence-electron chi connectivity index (χ1n) is 5.33. The molecule has 0 N–H and O–H groups in total. The van der Waals surface area contributed by atoms with E-state index < -0.39 is 11.7 Å². The molecule has 0 aliphatic carbocycles. The van der Waals surface area contributed by atoms with Crippen LogP contribution in [0.3, 0.4) is 0 Å². The number of ether oxygens (including phenoxy) is 1. The minimum atomic E-state index is -4.50. The van der Waals surface area contributed by atoms with Crippen LogP contribution >= 0.6 is 11.6 Å². The number of hydrogen-bond donors (Lipinski definition) is 0. The molecule has 0 aliphatic heterocycles. The molecular weight excluding hydrogens is 281 g/mol. The van der Waals surface area contributed by atoms with Crippen molar-refractivity contribution < 1.29 is 17.9 Å². The van der Waals surface area contributed by atoms with Crippen LogP contribution in [0.2, 0.25) is 0 Å². The van der Waals surface area contributed by atoms with Crippen LogP contribution in [-0.4, -0.2) is 9.78 Å². The summed E-state index contributed by atoms with van der Waals surface area (Å²) in [5, 5.41) is 3.83. The Morgan fingerprint density at radius 1 is 1.37 bits per heavy atom. The van der Waals surface area contributed by atoms with Gasteiger partial charge in [-0.2, -0.15) is 18.3 Å². The molecule has 2 aromatic rings. The molecule has 0 saturated carbocycles. The van der Waals surface area contributed by atoms with E-state index in [0.717, 1.165) is 6.07 Å². The lowest BCUT2D eigenvalue weighted by Gasteiger charge is -2.13. The first kappa shape index (κ1) is 13.7. The summed E-state index contributed by atoms with van der Waals surface area (Å²) in [7, 11) is 1.65. The SMILES string of the molecule is Cn1cc(Oc2ccc(CCl)cc2C(F)(F)F)cn1. The van der Waals surface area contributed by atoms with Crippen LogP contribution in [0.4, 0.5) is 13.2 Å². The third-order valence-corrected chi connectivity index (χ3v) is 2.72. The van der Waals surface area contributed by atoms with Crippen molar-refractivity contribution in [2.75, 3.05) is 0 Å². The highest BCUT2D eigenvalue weighted by atomic mass is 35.5. The van der Waals surface area contributed by atoms with Gasteiger partial charge in [0.05, 0.1) is 18.0 Å². The van der Waals surface area contributed by atoms with Gasteiger partial charge in [-0.25, -0.2) is 0 Å². The van der Waals surface area contributed by atoms with Crippen molar-refractivity contribution in [2.24, 2.45) is 7.05 Å². The number of aryl methyl sites for hydroxylation is 1. The molecule has 1 heterocycles. The second-order valence-electron chi connectivity index (χ2n) is 3.91. The maximum absolute atomic E-state index is 12.9. The van der Waals surface area contributed by atoms with Gasteiger partial charge in [0.1, 0.15) is 5.75 Å². The minimum Gasteiger partial charge on any atom is -0.453 e. The Morgan fingerprint density at radius 2 is 2.11 bits per heavy atom. The van der Waals surface area contributed by atoms with E-state index in [0.29, 0.717) is 5.56 Å². The summed E-state index contributed by atoms with van der Waals surface area (Å²) in [5.41, 5.74) is -0.470. The zero-order valence-corrected chi connectivity index (χ0v) is 10.7. The number of aromatic nitrogens is 2. The molecule has 0 radical (unpaired) electrons. The van der Waals surface area contributed by atoms with Gasteiger partial charge in [-0.3, -0.25) is 4.68 Å². The zero-order valence-electron chi connectivity index (χ0n) is 9.91. The molecule has 0 atom stereocenters. The first-order valence-corrected chi connectivity index (χ1v) is 5.86. The fraction of sp³-hybridized carbons (Fsp3) is 0.250. The van der Waals surface area contributed by atoms with Crippen molar-refractivity contribution in [1.29, 1.82) is 0 Å². The van der Waals surface area contributed by atoms with Crippen LogP contribution in [0.25, 0.3) is 0 Å². The maximum Gasteiger partial charge on any atom is 0.419 e. The second kappa shape index (κ2) is 5.13. The standard InChI is InChI=1S/C12H10ClF3N2O/c1-18-7-9(6-17-18)19-11-3-2-8(5-13)4-10(11)12(14,15)16/h2-4,6-7H,5H2,1H3. The average Bonchev–Trinajstić information content (AvgIpc) is 2.74. The van der Waals surface area contributed by atoms with Crippen LogP contribution in [0.1, 0.15) is 11.1 Å². The van der Waals surface area contributed by atoms with Gasteiger partial charge in [-0.1, -0.05) is 6.07 Å². The smallest absolute Gasteiger partial charge is 0.419 e. The van der Waals surface area contributed by atoms with Crippen molar-refractivity contribution >= 4 is 11.6 Å². The Balaban J connectivity index is 2.39. The Labute approximate surface area is 112 Å². The van der Waals surface area contributed by atoms with Crippen LogP contribution in [0, 0.1) is 0 Å². The van der Waals surface area contributed by atoms with Crippen LogP contribution in [0.15, 0.2) is 30.6 Å². The van der Waals surface area contributed by atoms with Gasteiger partial charge >= 0.3 is 6.18 Å². The van der Waals surface area contributed by atoms with Gasteiger partial charge in [0.2, 0.25) is 0 Å². The van der Waals surface area contributed by atoms with Crippen molar-refractivity contribution in [1.82, 2.24) is 9.78 Å². The Bertz CT molecular complexity index is 581. The topological polar surface area (TPSA) is 27.1 Å². The fourth-order valence-corrected chi connectivity index (χ4v) is 1.72. The van der Waals surface area contributed by atoms with Crippen molar-refractivity contribution in [3.05, 3.63) is 41.7 Å². The third kappa shape index (κ3) is 3.20. The van der Waals surface area contributed by atoms with Crippen LogP contribution < -0.4 is 4.74 Å². The summed E-state index contributed by atoms with van der Waals surface area (Å²) >= 11 is 5.54. The summed E-state index contributed by atoms with van der Waals surface area (Å²) in [6, 6.07) is 3.74. The molecule has 0 unspecified atom stereocenters. The number of nitrogens with zero attached hydrogens (tertiary/aromatic N) is 2. The van der Waals surface area contributed by atoms with Gasteiger partial charge in [0.25, 0.3) is 0 Å². The molecule has 0 bridgehead atoms. The Kier molecular flexibility index (Phi) is 3.71. The molecular formula is C12H10ClF3N2O. The van der Waals surface area contributed by atoms with Gasteiger partial charge < -0.3 is 4.74 Å². The third-order valence-electron chi connectivity index (χ3n) is 2.41. The molecule has 102 valence electrons. The molecule has 0 saturated heterocycles. The zero-order chi connectivity index (χ0) is 14.0. The quantitative estimate of drug-likeness (QED) is 0.800. The largest absolute Gasteiger partial charge is 0.453 e. The lowest BCUT2D eigenvalue weighted by atomic mass is 10.1. The molecule has 0 aliphatic rings. The van der Waals surface area contributed by atoms with Crippen molar-refractivity contribution in [2.45, 2.75) is 12.1 Å². The molecule has 2 rings (SSSR count). The number of hydrogen-bond acceptors (Lipinski definition) is 2. The lowest BCUT2D eigenvalue weighted by Crippen LogP contribution is -2.07. The molecule has 19 heavy (non-hydrogen) atoms.